The summed E-state index contributed by atoms with van der Waals surface area (Å²) in [5, 5.41) is 8.97. The Hall–Kier alpha value is -3.82. The van der Waals surface area contributed by atoms with Gasteiger partial charge in [-0.15, -0.1) is 0 Å². The molecule has 11 heteroatoms. The van der Waals surface area contributed by atoms with Crippen molar-refractivity contribution in [3.63, 3.8) is 0 Å². The van der Waals surface area contributed by atoms with Crippen molar-refractivity contribution in [2.45, 2.75) is 26.2 Å². The number of amides is 2. The topological polar surface area (TPSA) is 109 Å². The summed E-state index contributed by atoms with van der Waals surface area (Å²) in [7, 11) is 3.54. The summed E-state index contributed by atoms with van der Waals surface area (Å²) in [6.45, 7) is 3.65. The molecule has 1 aliphatic rings. The Kier molecular flexibility index (Phi) is 8.11. The standard InChI is InChI=1S/C30H33Cl2N7O2/c1-30(29(33)41)13-16-38(17-14-30)25-18-23(37(3)15-12-24(40)34-2)35-28-26(19-8-10-20(31)11-9-19)27(36-39(25)28)21-6-4-5-7-22(21)32/h4-11,18H,12-17H2,1-3H3,(H2,33,41)(H,34,40). The van der Waals surface area contributed by atoms with E-state index in [9.17, 15) is 9.59 Å². The number of nitrogens with two attached hydrogens (primary N) is 1. The Labute approximate surface area is 249 Å². The molecule has 1 fully saturated rings. The molecular weight excluding hydrogens is 561 g/mol. The van der Waals surface area contributed by atoms with E-state index in [2.05, 4.69) is 10.2 Å². The second kappa shape index (κ2) is 11.6. The van der Waals surface area contributed by atoms with Gasteiger partial charge in [-0.25, -0.2) is 4.98 Å². The first kappa shape index (κ1) is 28.7. The maximum absolute atomic E-state index is 12.2. The number of aromatic nitrogens is 3. The first-order valence-corrected chi connectivity index (χ1v) is 14.3. The molecule has 3 heterocycles. The zero-order valence-electron chi connectivity index (χ0n) is 23.3. The predicted molar refractivity (Wildman–Crippen MR) is 165 cm³/mol. The van der Waals surface area contributed by atoms with Crippen molar-refractivity contribution in [2.75, 3.05) is 43.5 Å². The summed E-state index contributed by atoms with van der Waals surface area (Å²) in [5.41, 5.74) is 9.01. The van der Waals surface area contributed by atoms with Gasteiger partial charge < -0.3 is 20.9 Å². The van der Waals surface area contributed by atoms with E-state index >= 15 is 0 Å². The molecule has 2 aromatic carbocycles. The molecule has 214 valence electrons. The third-order valence-electron chi connectivity index (χ3n) is 7.95. The molecule has 2 aromatic heterocycles. The molecule has 1 aliphatic heterocycles. The summed E-state index contributed by atoms with van der Waals surface area (Å²) in [4.78, 5) is 33.4. The third kappa shape index (κ3) is 5.69. The number of rotatable bonds is 8. The van der Waals surface area contributed by atoms with Gasteiger partial charge in [0.25, 0.3) is 0 Å². The summed E-state index contributed by atoms with van der Waals surface area (Å²) in [6.07, 6.45) is 1.57. The lowest BCUT2D eigenvalue weighted by Crippen LogP contribution is -2.46. The molecule has 2 amide bonds. The smallest absolute Gasteiger partial charge is 0.223 e. The number of hydrogen-bond donors (Lipinski definition) is 2. The second-order valence-electron chi connectivity index (χ2n) is 10.7. The van der Waals surface area contributed by atoms with Gasteiger partial charge in [-0.3, -0.25) is 9.59 Å². The second-order valence-corrected chi connectivity index (χ2v) is 11.5. The maximum atomic E-state index is 12.2. The number of benzene rings is 2. The van der Waals surface area contributed by atoms with Crippen molar-refractivity contribution < 1.29 is 9.59 Å². The van der Waals surface area contributed by atoms with Crippen LogP contribution in [-0.4, -0.2) is 60.1 Å². The Morgan fingerprint density at radius 3 is 2.41 bits per heavy atom. The van der Waals surface area contributed by atoms with E-state index < -0.39 is 5.41 Å². The number of nitrogens with one attached hydrogen (secondary N) is 1. The van der Waals surface area contributed by atoms with Crippen molar-refractivity contribution in [1.82, 2.24) is 19.9 Å². The molecule has 4 aromatic rings. The monoisotopic (exact) mass is 593 g/mol. The number of fused-ring (bicyclic) bond motifs is 1. The van der Waals surface area contributed by atoms with Gasteiger partial charge >= 0.3 is 0 Å². The van der Waals surface area contributed by atoms with Crippen molar-refractivity contribution in [2.24, 2.45) is 11.1 Å². The van der Waals surface area contributed by atoms with Crippen molar-refractivity contribution in [3.8, 4) is 22.4 Å². The molecule has 0 saturated carbocycles. The van der Waals surface area contributed by atoms with Crippen LogP contribution in [0.3, 0.4) is 0 Å². The SMILES string of the molecule is CNC(=O)CCN(C)c1cc(N2CCC(C)(C(N)=O)CC2)n2nc(-c3ccccc3Cl)c(-c3ccc(Cl)cc3)c2n1. The fraction of sp³-hybridized carbons (Fsp3) is 0.333. The van der Waals surface area contributed by atoms with Crippen LogP contribution in [0, 0.1) is 5.41 Å². The first-order valence-electron chi connectivity index (χ1n) is 13.5. The first-order chi connectivity index (χ1) is 19.6. The molecule has 0 spiro atoms. The van der Waals surface area contributed by atoms with Crippen molar-refractivity contribution >= 4 is 52.3 Å². The van der Waals surface area contributed by atoms with Gasteiger partial charge in [-0.2, -0.15) is 9.61 Å². The quantitative estimate of drug-likeness (QED) is 0.296. The molecule has 0 atom stereocenters. The molecule has 1 saturated heterocycles. The molecule has 0 radical (unpaired) electrons. The summed E-state index contributed by atoms with van der Waals surface area (Å²) < 4.78 is 1.85. The van der Waals surface area contributed by atoms with E-state index in [4.69, 9.17) is 39.0 Å². The number of piperidine rings is 1. The minimum atomic E-state index is -0.558. The zero-order valence-corrected chi connectivity index (χ0v) is 24.8. The number of nitrogens with zero attached hydrogens (tertiary/aromatic N) is 5. The van der Waals surface area contributed by atoms with E-state index in [1.807, 2.05) is 78.0 Å². The maximum Gasteiger partial charge on any atom is 0.223 e. The van der Waals surface area contributed by atoms with E-state index in [0.717, 1.165) is 22.5 Å². The Balaban J connectivity index is 1.72. The van der Waals surface area contributed by atoms with Crippen molar-refractivity contribution in [3.05, 3.63) is 64.6 Å². The average molecular weight is 595 g/mol. The highest BCUT2D eigenvalue weighted by atomic mass is 35.5. The van der Waals surface area contributed by atoms with Gasteiger partial charge in [0, 0.05) is 62.2 Å². The molecule has 41 heavy (non-hydrogen) atoms. The van der Waals surface area contributed by atoms with Gasteiger partial charge in [0.2, 0.25) is 11.8 Å². The van der Waals surface area contributed by atoms with Gasteiger partial charge in [0.15, 0.2) is 5.65 Å². The van der Waals surface area contributed by atoms with Crippen LogP contribution >= 0.6 is 23.2 Å². The van der Waals surface area contributed by atoms with E-state index in [1.165, 1.54) is 0 Å². The molecule has 9 nitrogen and oxygen atoms in total. The average Bonchev–Trinajstić information content (AvgIpc) is 3.35. The summed E-state index contributed by atoms with van der Waals surface area (Å²) in [5.74, 6) is 1.20. The number of halogens is 2. The van der Waals surface area contributed by atoms with Crippen molar-refractivity contribution in [1.29, 1.82) is 0 Å². The van der Waals surface area contributed by atoms with Gasteiger partial charge in [0.1, 0.15) is 17.3 Å². The lowest BCUT2D eigenvalue weighted by atomic mass is 9.80. The fourth-order valence-corrected chi connectivity index (χ4v) is 5.47. The van der Waals surface area contributed by atoms with Crippen LogP contribution in [0.2, 0.25) is 10.0 Å². The third-order valence-corrected chi connectivity index (χ3v) is 8.53. The molecule has 5 rings (SSSR count). The molecule has 0 aliphatic carbocycles. The molecule has 0 bridgehead atoms. The largest absolute Gasteiger partial charge is 0.369 e. The van der Waals surface area contributed by atoms with Crippen LogP contribution in [0.4, 0.5) is 11.6 Å². The minimum absolute atomic E-state index is 0.0490. The summed E-state index contributed by atoms with van der Waals surface area (Å²) in [6, 6.07) is 17.2. The van der Waals surface area contributed by atoms with E-state index in [0.29, 0.717) is 66.1 Å². The van der Waals surface area contributed by atoms with Crippen LogP contribution in [0.5, 0.6) is 0 Å². The van der Waals surface area contributed by atoms with Gasteiger partial charge in [0.05, 0.1) is 10.6 Å². The van der Waals surface area contributed by atoms with Gasteiger partial charge in [-0.05, 0) is 36.6 Å². The number of anilines is 2. The van der Waals surface area contributed by atoms with Crippen LogP contribution in [-0.2, 0) is 9.59 Å². The van der Waals surface area contributed by atoms with Crippen LogP contribution in [0.1, 0.15) is 26.2 Å². The normalized spacial score (nSPS) is 14.7. The zero-order chi connectivity index (χ0) is 29.3. The van der Waals surface area contributed by atoms with Crippen LogP contribution < -0.4 is 20.9 Å². The molecule has 3 N–H and O–H groups in total. The predicted octanol–water partition coefficient (Wildman–Crippen LogP) is 5.03. The number of primary amides is 1. The van der Waals surface area contributed by atoms with Gasteiger partial charge in [-0.1, -0.05) is 60.5 Å². The Morgan fingerprint density at radius 1 is 1.10 bits per heavy atom. The Bertz CT molecular complexity index is 1590. The van der Waals surface area contributed by atoms with Crippen LogP contribution in [0.15, 0.2) is 54.6 Å². The highest BCUT2D eigenvalue weighted by Gasteiger charge is 2.36. The summed E-state index contributed by atoms with van der Waals surface area (Å²) >= 11 is 12.9. The highest BCUT2D eigenvalue weighted by molar-refractivity contribution is 6.33. The van der Waals surface area contributed by atoms with E-state index in [-0.39, 0.29) is 11.8 Å². The minimum Gasteiger partial charge on any atom is -0.369 e. The van der Waals surface area contributed by atoms with Crippen LogP contribution in [0.25, 0.3) is 28.0 Å². The van der Waals surface area contributed by atoms with E-state index in [1.54, 1.807) is 7.05 Å². The number of carbonyl (C=O) groups is 2. The Morgan fingerprint density at radius 2 is 1.78 bits per heavy atom. The fourth-order valence-electron chi connectivity index (χ4n) is 5.12. The highest BCUT2D eigenvalue weighted by Crippen LogP contribution is 2.41. The lowest BCUT2D eigenvalue weighted by Gasteiger charge is -2.38. The lowest BCUT2D eigenvalue weighted by molar-refractivity contribution is -0.127. The number of carbonyl (C=O) groups excluding carboxylic acids is 2. The molecular formula is C30H33Cl2N7O2. The number of hydrogen-bond acceptors (Lipinski definition) is 6. The molecule has 0 unspecified atom stereocenters.